The topological polar surface area (TPSA) is 123 Å². The fraction of sp³-hybridized carbons (Fsp3) is 0.389. The molecule has 150 valence electrons. The van der Waals surface area contributed by atoms with Gasteiger partial charge >= 0.3 is 12.0 Å². The van der Waals surface area contributed by atoms with E-state index in [1.54, 1.807) is 24.3 Å². The number of hydrogen-bond donors (Lipinski definition) is 2. The molecule has 0 unspecified atom stereocenters. The first-order valence-corrected chi connectivity index (χ1v) is 9.03. The van der Waals surface area contributed by atoms with E-state index in [1.807, 2.05) is 13.8 Å². The Morgan fingerprint density at radius 1 is 1.21 bits per heavy atom. The second-order valence-electron chi connectivity index (χ2n) is 6.33. The molecule has 0 aliphatic heterocycles. The molecule has 1 aromatic carbocycles. The van der Waals surface area contributed by atoms with Crippen LogP contribution < -0.4 is 10.6 Å². The van der Waals surface area contributed by atoms with Gasteiger partial charge in [-0.25, -0.2) is 4.79 Å². The zero-order chi connectivity index (χ0) is 20.5. The normalized spacial score (nSPS) is 10.6. The van der Waals surface area contributed by atoms with Crippen LogP contribution in [0.1, 0.15) is 26.2 Å². The number of urea groups is 1. The monoisotopic (exact) mass is 408 g/mol. The molecule has 10 heteroatoms. The second-order valence-corrected chi connectivity index (χ2v) is 6.77. The van der Waals surface area contributed by atoms with Crippen LogP contribution in [-0.2, 0) is 20.7 Å². The molecule has 0 saturated heterocycles. The van der Waals surface area contributed by atoms with Gasteiger partial charge < -0.3 is 14.6 Å². The minimum absolute atomic E-state index is 0.0466. The van der Waals surface area contributed by atoms with Crippen molar-refractivity contribution in [2.24, 2.45) is 5.92 Å². The third-order valence-electron chi connectivity index (χ3n) is 3.40. The molecule has 3 amide bonds. The van der Waals surface area contributed by atoms with Crippen molar-refractivity contribution < 1.29 is 23.6 Å². The third kappa shape index (κ3) is 7.36. The molecule has 28 heavy (non-hydrogen) atoms. The van der Waals surface area contributed by atoms with Gasteiger partial charge in [-0.2, -0.15) is 4.98 Å². The number of halogens is 1. The van der Waals surface area contributed by atoms with Crippen LogP contribution in [0.15, 0.2) is 28.8 Å². The summed E-state index contributed by atoms with van der Waals surface area (Å²) < 4.78 is 9.91. The van der Waals surface area contributed by atoms with Crippen molar-refractivity contribution in [1.82, 2.24) is 20.8 Å². The molecular weight excluding hydrogens is 388 g/mol. The van der Waals surface area contributed by atoms with Gasteiger partial charge in [0.2, 0.25) is 11.7 Å². The van der Waals surface area contributed by atoms with E-state index in [4.69, 9.17) is 20.9 Å². The number of amides is 3. The van der Waals surface area contributed by atoms with Crippen LogP contribution in [-0.4, -0.2) is 41.2 Å². The number of aromatic nitrogens is 2. The molecule has 9 nitrogen and oxygen atoms in total. The van der Waals surface area contributed by atoms with Crippen LogP contribution in [0.4, 0.5) is 4.79 Å². The number of ether oxygens (including phenoxy) is 1. The largest absolute Gasteiger partial charge is 0.456 e. The van der Waals surface area contributed by atoms with Crippen LogP contribution in [0.3, 0.4) is 0 Å². The van der Waals surface area contributed by atoms with Gasteiger partial charge in [0.15, 0.2) is 6.61 Å². The molecule has 0 aliphatic carbocycles. The Morgan fingerprint density at radius 2 is 1.93 bits per heavy atom. The maximum absolute atomic E-state index is 11.7. The van der Waals surface area contributed by atoms with Crippen LogP contribution in [0.5, 0.6) is 0 Å². The first-order valence-electron chi connectivity index (χ1n) is 8.65. The van der Waals surface area contributed by atoms with Gasteiger partial charge in [0, 0.05) is 23.6 Å². The van der Waals surface area contributed by atoms with Gasteiger partial charge in [0.25, 0.3) is 5.91 Å². The smallest absolute Gasteiger partial charge is 0.321 e. The number of hydrogen-bond acceptors (Lipinski definition) is 7. The minimum Gasteiger partial charge on any atom is -0.456 e. The van der Waals surface area contributed by atoms with Crippen LogP contribution in [0.25, 0.3) is 11.4 Å². The Morgan fingerprint density at radius 3 is 2.61 bits per heavy atom. The number of aryl methyl sites for hydroxylation is 1. The van der Waals surface area contributed by atoms with Crippen LogP contribution in [0.2, 0.25) is 5.02 Å². The average Bonchev–Trinajstić information content (AvgIpc) is 3.12. The summed E-state index contributed by atoms with van der Waals surface area (Å²) in [5.41, 5.74) is 0.731. The van der Waals surface area contributed by atoms with E-state index in [0.717, 1.165) is 5.56 Å². The lowest BCUT2D eigenvalue weighted by Gasteiger charge is -2.08. The second kappa shape index (κ2) is 10.4. The Kier molecular flexibility index (Phi) is 7.94. The van der Waals surface area contributed by atoms with Crippen LogP contribution in [0, 0.1) is 5.92 Å². The molecule has 2 aromatic rings. The molecule has 0 bridgehead atoms. The summed E-state index contributed by atoms with van der Waals surface area (Å²) in [6, 6.07) is 6.29. The maximum Gasteiger partial charge on any atom is 0.321 e. The summed E-state index contributed by atoms with van der Waals surface area (Å²) in [4.78, 5) is 38.9. The Bertz CT molecular complexity index is 820. The number of carbonyl (C=O) groups is 3. The summed E-state index contributed by atoms with van der Waals surface area (Å²) in [7, 11) is 0. The molecule has 0 atom stereocenters. The van der Waals surface area contributed by atoms with Gasteiger partial charge in [-0.3, -0.25) is 14.9 Å². The van der Waals surface area contributed by atoms with Crippen molar-refractivity contribution in [2.75, 3.05) is 13.2 Å². The van der Waals surface area contributed by atoms with Gasteiger partial charge in [0.05, 0.1) is 6.42 Å². The van der Waals surface area contributed by atoms with E-state index >= 15 is 0 Å². The van der Waals surface area contributed by atoms with E-state index in [1.165, 1.54) is 0 Å². The van der Waals surface area contributed by atoms with E-state index in [-0.39, 0.29) is 24.7 Å². The molecule has 1 aromatic heterocycles. The van der Waals surface area contributed by atoms with E-state index in [9.17, 15) is 14.4 Å². The fourth-order valence-corrected chi connectivity index (χ4v) is 2.13. The van der Waals surface area contributed by atoms with Crippen molar-refractivity contribution in [2.45, 2.75) is 26.7 Å². The number of rotatable bonds is 8. The predicted molar refractivity (Wildman–Crippen MR) is 100 cm³/mol. The van der Waals surface area contributed by atoms with Gasteiger partial charge in [0.1, 0.15) is 0 Å². The molecule has 1 heterocycles. The first kappa shape index (κ1) is 21.4. The number of nitrogens with one attached hydrogen (secondary N) is 2. The Labute approximate surface area is 166 Å². The minimum atomic E-state index is -0.711. The van der Waals surface area contributed by atoms with Crippen molar-refractivity contribution in [3.63, 3.8) is 0 Å². The first-order chi connectivity index (χ1) is 13.3. The van der Waals surface area contributed by atoms with Gasteiger partial charge in [-0.1, -0.05) is 30.6 Å². The Balaban J connectivity index is 1.70. The van der Waals surface area contributed by atoms with Gasteiger partial charge in [-0.15, -0.1) is 0 Å². The van der Waals surface area contributed by atoms with Gasteiger partial charge in [-0.05, 0) is 30.2 Å². The number of carbonyl (C=O) groups excluding carboxylic acids is 3. The highest BCUT2D eigenvalue weighted by Gasteiger charge is 2.14. The summed E-state index contributed by atoms with van der Waals surface area (Å²) in [5, 5.41) is 9.03. The molecule has 0 aliphatic rings. The highest BCUT2D eigenvalue weighted by atomic mass is 35.5. The summed E-state index contributed by atoms with van der Waals surface area (Å²) in [6.45, 7) is 3.73. The van der Waals surface area contributed by atoms with E-state index < -0.39 is 24.5 Å². The molecular formula is C18H21ClN4O5. The standard InChI is InChI=1S/C18H21ClN4O5/c1-11(2)9-20-18(26)21-14(24)10-27-16(25)8-7-15-22-17(23-28-15)12-3-5-13(19)6-4-12/h3-6,11H,7-10H2,1-2H3,(H2,20,21,24,26). The average molecular weight is 409 g/mol. The van der Waals surface area contributed by atoms with Crippen molar-refractivity contribution >= 4 is 29.5 Å². The summed E-state index contributed by atoms with van der Waals surface area (Å²) in [5.74, 6) is -0.434. The van der Waals surface area contributed by atoms with Crippen molar-refractivity contribution in [3.8, 4) is 11.4 Å². The quantitative estimate of drug-likeness (QED) is 0.642. The van der Waals surface area contributed by atoms with Crippen molar-refractivity contribution in [1.29, 1.82) is 0 Å². The maximum atomic E-state index is 11.7. The van der Waals surface area contributed by atoms with Crippen LogP contribution >= 0.6 is 11.6 Å². The number of imide groups is 1. The zero-order valence-electron chi connectivity index (χ0n) is 15.5. The highest BCUT2D eigenvalue weighted by molar-refractivity contribution is 6.30. The third-order valence-corrected chi connectivity index (χ3v) is 3.65. The molecule has 2 N–H and O–H groups in total. The van der Waals surface area contributed by atoms with Crippen molar-refractivity contribution in [3.05, 3.63) is 35.2 Å². The molecule has 0 fully saturated rings. The van der Waals surface area contributed by atoms with E-state index in [0.29, 0.717) is 17.4 Å². The SMILES string of the molecule is CC(C)CNC(=O)NC(=O)COC(=O)CCc1nc(-c2ccc(Cl)cc2)no1. The highest BCUT2D eigenvalue weighted by Crippen LogP contribution is 2.19. The number of esters is 1. The summed E-state index contributed by atoms with van der Waals surface area (Å²) >= 11 is 5.83. The lowest BCUT2D eigenvalue weighted by Crippen LogP contribution is -2.42. The molecule has 2 rings (SSSR count). The fourth-order valence-electron chi connectivity index (χ4n) is 2.00. The lowest BCUT2D eigenvalue weighted by atomic mass is 10.2. The molecule has 0 radical (unpaired) electrons. The zero-order valence-corrected chi connectivity index (χ0v) is 16.3. The predicted octanol–water partition coefficient (Wildman–Crippen LogP) is 2.35. The number of nitrogens with zero attached hydrogens (tertiary/aromatic N) is 2. The Hall–Kier alpha value is -2.94. The van der Waals surface area contributed by atoms with E-state index in [2.05, 4.69) is 20.8 Å². The molecule has 0 saturated carbocycles. The lowest BCUT2D eigenvalue weighted by molar-refractivity contribution is -0.148. The summed E-state index contributed by atoms with van der Waals surface area (Å²) in [6.07, 6.45) is 0.116. The molecule has 0 spiro atoms. The number of benzene rings is 1.